The number of esters is 1. The van der Waals surface area contributed by atoms with Gasteiger partial charge in [-0.05, 0) is 34.6 Å². The zero-order chi connectivity index (χ0) is 21.5. The van der Waals surface area contributed by atoms with Crippen LogP contribution in [0.15, 0.2) is 41.9 Å². The summed E-state index contributed by atoms with van der Waals surface area (Å²) in [7, 11) is -0.566. The molecular formula is C21H24BN3O4S. The fourth-order valence-electron chi connectivity index (χ4n) is 3.12. The highest BCUT2D eigenvalue weighted by molar-refractivity contribution is 7.12. The summed E-state index contributed by atoms with van der Waals surface area (Å²) in [6, 6.07) is 9.87. The summed E-state index contributed by atoms with van der Waals surface area (Å²) in [5.41, 5.74) is 1.85. The minimum atomic E-state index is -0.566. The Morgan fingerprint density at radius 3 is 2.47 bits per heavy atom. The summed E-state index contributed by atoms with van der Waals surface area (Å²) in [5.74, 6) is -0.443. The third-order valence-corrected chi connectivity index (χ3v) is 6.30. The molecule has 0 bridgehead atoms. The van der Waals surface area contributed by atoms with Gasteiger partial charge in [-0.25, -0.2) is 14.5 Å². The molecule has 1 saturated heterocycles. The van der Waals surface area contributed by atoms with Crippen molar-refractivity contribution in [1.29, 1.82) is 0 Å². The van der Waals surface area contributed by atoms with E-state index in [2.05, 4.69) is 4.98 Å². The number of aromatic nitrogens is 3. The summed E-state index contributed by atoms with van der Waals surface area (Å²) >= 11 is 1.32. The molecule has 0 atom stereocenters. The molecule has 7 nitrogen and oxygen atoms in total. The van der Waals surface area contributed by atoms with E-state index in [1.807, 2.05) is 64.2 Å². The molecule has 2 aromatic heterocycles. The standard InChI is InChI=1S/C21H24BN3O4S/c1-6-27-18(26)16-13-30-19(23-16)25-12-15(17(24-25)14-10-8-7-9-11-14)22-28-20(2,3)21(4,5)29-22/h7-13H,6H2,1-5H3. The van der Waals surface area contributed by atoms with Crippen LogP contribution in [-0.4, -0.2) is 45.7 Å². The van der Waals surface area contributed by atoms with Gasteiger partial charge in [0.2, 0.25) is 5.13 Å². The number of carbonyl (C=O) groups is 1. The van der Waals surface area contributed by atoms with Crippen molar-refractivity contribution in [2.45, 2.75) is 45.8 Å². The Labute approximate surface area is 180 Å². The number of rotatable bonds is 5. The molecular weight excluding hydrogens is 401 g/mol. The van der Waals surface area contributed by atoms with Crippen molar-refractivity contribution in [1.82, 2.24) is 14.8 Å². The summed E-state index contributed by atoms with van der Waals surface area (Å²) in [6.45, 7) is 10.1. The lowest BCUT2D eigenvalue weighted by Crippen LogP contribution is -2.41. The van der Waals surface area contributed by atoms with Crippen LogP contribution in [0, 0.1) is 0 Å². The summed E-state index contributed by atoms with van der Waals surface area (Å²) < 4.78 is 19.2. The van der Waals surface area contributed by atoms with Crippen LogP contribution in [0.2, 0.25) is 0 Å². The van der Waals surface area contributed by atoms with E-state index in [0.29, 0.717) is 11.7 Å². The Kier molecular flexibility index (Phi) is 5.29. The fraction of sp³-hybridized carbons (Fsp3) is 0.381. The summed E-state index contributed by atoms with van der Waals surface area (Å²) in [5, 5.41) is 7.00. The topological polar surface area (TPSA) is 75.5 Å². The number of ether oxygens (including phenoxy) is 1. The van der Waals surface area contributed by atoms with Crippen molar-refractivity contribution in [2.75, 3.05) is 6.61 Å². The maximum atomic E-state index is 12.0. The molecule has 0 spiro atoms. The van der Waals surface area contributed by atoms with Crippen LogP contribution in [0.3, 0.4) is 0 Å². The van der Waals surface area contributed by atoms with Crippen LogP contribution < -0.4 is 5.46 Å². The maximum Gasteiger partial charge on any atom is 0.498 e. The van der Waals surface area contributed by atoms with E-state index in [1.165, 1.54) is 11.3 Å². The van der Waals surface area contributed by atoms with E-state index in [4.69, 9.17) is 19.1 Å². The van der Waals surface area contributed by atoms with Crippen LogP contribution >= 0.6 is 11.3 Å². The molecule has 0 radical (unpaired) electrons. The van der Waals surface area contributed by atoms with Gasteiger partial charge in [-0.15, -0.1) is 11.3 Å². The Balaban J connectivity index is 1.75. The van der Waals surface area contributed by atoms with Gasteiger partial charge in [0.15, 0.2) is 5.69 Å². The quantitative estimate of drug-likeness (QED) is 0.460. The van der Waals surface area contributed by atoms with Crippen molar-refractivity contribution >= 4 is 29.9 Å². The second-order valence-corrected chi connectivity index (χ2v) is 8.90. The summed E-state index contributed by atoms with van der Waals surface area (Å²) in [6.07, 6.45) is 1.86. The lowest BCUT2D eigenvalue weighted by atomic mass is 9.78. The normalized spacial score (nSPS) is 17.3. The second kappa shape index (κ2) is 7.65. The van der Waals surface area contributed by atoms with E-state index in [1.54, 1.807) is 17.0 Å². The highest BCUT2D eigenvalue weighted by Gasteiger charge is 2.53. The van der Waals surface area contributed by atoms with Crippen molar-refractivity contribution in [2.24, 2.45) is 0 Å². The first-order valence-electron chi connectivity index (χ1n) is 9.85. The van der Waals surface area contributed by atoms with Crippen LogP contribution in [0.25, 0.3) is 16.4 Å². The molecule has 156 valence electrons. The van der Waals surface area contributed by atoms with Crippen LogP contribution in [0.5, 0.6) is 0 Å². The molecule has 0 N–H and O–H groups in total. The molecule has 3 aromatic rings. The van der Waals surface area contributed by atoms with Crippen molar-refractivity contribution in [3.63, 3.8) is 0 Å². The lowest BCUT2D eigenvalue weighted by Gasteiger charge is -2.32. The predicted molar refractivity (Wildman–Crippen MR) is 116 cm³/mol. The van der Waals surface area contributed by atoms with Crippen molar-refractivity contribution in [3.05, 3.63) is 47.6 Å². The number of carbonyl (C=O) groups excluding carboxylic acids is 1. The van der Waals surface area contributed by atoms with Gasteiger partial charge < -0.3 is 14.0 Å². The SMILES string of the molecule is CCOC(=O)c1csc(-n2cc(B3OC(C)(C)C(C)(C)O3)c(-c3ccccc3)n2)n1. The zero-order valence-corrected chi connectivity index (χ0v) is 18.5. The lowest BCUT2D eigenvalue weighted by molar-refractivity contribution is 0.00578. The Morgan fingerprint density at radius 2 is 1.83 bits per heavy atom. The average Bonchev–Trinajstić information content (AvgIpc) is 3.39. The van der Waals surface area contributed by atoms with Gasteiger partial charge in [0.25, 0.3) is 0 Å². The first kappa shape index (κ1) is 20.8. The van der Waals surface area contributed by atoms with Gasteiger partial charge in [0.05, 0.1) is 23.5 Å². The van der Waals surface area contributed by atoms with E-state index < -0.39 is 24.3 Å². The number of hydrogen-bond acceptors (Lipinski definition) is 7. The zero-order valence-electron chi connectivity index (χ0n) is 17.7. The van der Waals surface area contributed by atoms with Gasteiger partial charge in [-0.2, -0.15) is 5.10 Å². The summed E-state index contributed by atoms with van der Waals surface area (Å²) in [4.78, 5) is 16.4. The van der Waals surface area contributed by atoms with Gasteiger partial charge in [-0.3, -0.25) is 0 Å². The van der Waals surface area contributed by atoms with Crippen LogP contribution in [-0.2, 0) is 14.0 Å². The second-order valence-electron chi connectivity index (χ2n) is 8.07. The molecule has 30 heavy (non-hydrogen) atoms. The molecule has 0 amide bonds. The molecule has 1 aliphatic heterocycles. The van der Waals surface area contributed by atoms with E-state index in [9.17, 15) is 4.79 Å². The fourth-order valence-corrected chi connectivity index (χ4v) is 3.83. The Morgan fingerprint density at radius 1 is 1.17 bits per heavy atom. The highest BCUT2D eigenvalue weighted by Crippen LogP contribution is 2.37. The molecule has 4 rings (SSSR count). The molecule has 1 aromatic carbocycles. The van der Waals surface area contributed by atoms with Gasteiger partial charge in [0.1, 0.15) is 0 Å². The third kappa shape index (κ3) is 3.68. The number of benzene rings is 1. The molecule has 9 heteroatoms. The number of hydrogen-bond donors (Lipinski definition) is 0. The van der Waals surface area contributed by atoms with E-state index in [-0.39, 0.29) is 5.69 Å². The molecule has 0 aliphatic carbocycles. The molecule has 1 aliphatic rings. The Bertz CT molecular complexity index is 1050. The van der Waals surface area contributed by atoms with Crippen molar-refractivity contribution < 1.29 is 18.8 Å². The first-order chi connectivity index (χ1) is 14.2. The smallest absolute Gasteiger partial charge is 0.461 e. The van der Waals surface area contributed by atoms with E-state index >= 15 is 0 Å². The van der Waals surface area contributed by atoms with Gasteiger partial charge in [-0.1, -0.05) is 30.3 Å². The Hall–Kier alpha value is -2.49. The molecule has 0 saturated carbocycles. The highest BCUT2D eigenvalue weighted by atomic mass is 32.1. The first-order valence-corrected chi connectivity index (χ1v) is 10.7. The van der Waals surface area contributed by atoms with Crippen LogP contribution in [0.4, 0.5) is 0 Å². The average molecular weight is 425 g/mol. The molecule has 1 fully saturated rings. The van der Waals surface area contributed by atoms with Crippen molar-refractivity contribution in [3.8, 4) is 16.4 Å². The molecule has 0 unspecified atom stereocenters. The van der Waals surface area contributed by atoms with Crippen LogP contribution in [0.1, 0.15) is 45.1 Å². The van der Waals surface area contributed by atoms with Gasteiger partial charge in [0, 0.05) is 22.6 Å². The number of thiazole rings is 1. The van der Waals surface area contributed by atoms with E-state index in [0.717, 1.165) is 16.7 Å². The third-order valence-electron chi connectivity index (χ3n) is 5.47. The minimum Gasteiger partial charge on any atom is -0.461 e. The predicted octanol–water partition coefficient (Wildman–Crippen LogP) is 3.47. The van der Waals surface area contributed by atoms with Gasteiger partial charge >= 0.3 is 13.1 Å². The monoisotopic (exact) mass is 425 g/mol. The number of nitrogens with zero attached hydrogens (tertiary/aromatic N) is 3. The maximum absolute atomic E-state index is 12.0. The molecule has 3 heterocycles. The largest absolute Gasteiger partial charge is 0.498 e. The minimum absolute atomic E-state index is 0.269.